The van der Waals surface area contributed by atoms with E-state index in [1.54, 1.807) is 42.7 Å². The summed E-state index contributed by atoms with van der Waals surface area (Å²) in [5.41, 5.74) is 0.572. The summed E-state index contributed by atoms with van der Waals surface area (Å²) in [7, 11) is 1.77. The first kappa shape index (κ1) is 16.2. The fourth-order valence-electron chi connectivity index (χ4n) is 3.08. The lowest BCUT2D eigenvalue weighted by molar-refractivity contribution is -0.147. The van der Waals surface area contributed by atoms with E-state index in [-0.39, 0.29) is 11.8 Å². The van der Waals surface area contributed by atoms with Crippen molar-refractivity contribution < 1.29 is 9.59 Å². The minimum Gasteiger partial charge on any atom is -0.335 e. The second-order valence-corrected chi connectivity index (χ2v) is 6.60. The van der Waals surface area contributed by atoms with Crippen LogP contribution < -0.4 is 0 Å². The average molecular weight is 326 g/mol. The third kappa shape index (κ3) is 2.91. The van der Waals surface area contributed by atoms with Gasteiger partial charge in [0.05, 0.1) is 0 Å². The molecule has 24 heavy (non-hydrogen) atoms. The third-order valence-corrected chi connectivity index (χ3v) is 4.47. The number of carbonyl (C=O) groups excluding carboxylic acids is 2. The quantitative estimate of drug-likeness (QED) is 0.862. The highest BCUT2D eigenvalue weighted by Gasteiger charge is 2.44. The Balaban J connectivity index is 1.77. The Morgan fingerprint density at radius 1 is 1.17 bits per heavy atom. The van der Waals surface area contributed by atoms with Gasteiger partial charge in [0.15, 0.2) is 0 Å². The van der Waals surface area contributed by atoms with Crippen molar-refractivity contribution in [2.24, 2.45) is 7.05 Å². The molecule has 2 amide bonds. The van der Waals surface area contributed by atoms with E-state index in [0.717, 1.165) is 5.56 Å². The molecule has 1 aliphatic rings. The van der Waals surface area contributed by atoms with Crippen LogP contribution in [0.2, 0.25) is 0 Å². The van der Waals surface area contributed by atoms with Crippen LogP contribution in [0.15, 0.2) is 42.6 Å². The minimum absolute atomic E-state index is 0.0399. The van der Waals surface area contributed by atoms with Gasteiger partial charge in [0, 0.05) is 32.9 Å². The van der Waals surface area contributed by atoms with Crippen molar-refractivity contribution >= 4 is 11.8 Å². The predicted molar refractivity (Wildman–Crippen MR) is 90.2 cm³/mol. The number of hydrogen-bond acceptors (Lipinski definition) is 3. The van der Waals surface area contributed by atoms with Crippen molar-refractivity contribution in [3.8, 4) is 0 Å². The second kappa shape index (κ2) is 6.11. The van der Waals surface area contributed by atoms with Crippen LogP contribution in [-0.2, 0) is 18.4 Å². The van der Waals surface area contributed by atoms with E-state index in [9.17, 15) is 9.59 Å². The topological polar surface area (TPSA) is 58.4 Å². The molecule has 1 aromatic heterocycles. The largest absolute Gasteiger partial charge is 0.335 e. The molecule has 1 fully saturated rings. The number of aryl methyl sites for hydroxylation is 1. The fourth-order valence-corrected chi connectivity index (χ4v) is 3.08. The zero-order valence-electron chi connectivity index (χ0n) is 14.3. The summed E-state index contributed by atoms with van der Waals surface area (Å²) in [6.07, 6.45) is 1.73. The molecular weight excluding hydrogens is 304 g/mol. The summed E-state index contributed by atoms with van der Waals surface area (Å²) in [5.74, 6) is -0.241. The van der Waals surface area contributed by atoms with Crippen LogP contribution >= 0.6 is 0 Å². The maximum absolute atomic E-state index is 12.9. The normalized spacial score (nSPS) is 17.2. The number of amides is 2. The molecule has 1 aromatic carbocycles. The standard InChI is InChI=1S/C18H22N4O2/c1-18(2)17(24)21(13-14-7-5-4-6-8-14)11-12-22(18)16(23)15-9-10-20(3)19-15/h4-10H,11-13H2,1-3H3. The molecular formula is C18H22N4O2. The number of piperazine rings is 1. The Morgan fingerprint density at radius 2 is 1.88 bits per heavy atom. The highest BCUT2D eigenvalue weighted by atomic mass is 16.2. The maximum Gasteiger partial charge on any atom is 0.275 e. The molecule has 0 unspecified atom stereocenters. The third-order valence-electron chi connectivity index (χ3n) is 4.47. The fraction of sp³-hybridized carbons (Fsp3) is 0.389. The molecule has 6 heteroatoms. The molecule has 0 saturated carbocycles. The lowest BCUT2D eigenvalue weighted by Gasteiger charge is -2.45. The molecule has 2 aromatic rings. The minimum atomic E-state index is -0.887. The van der Waals surface area contributed by atoms with Gasteiger partial charge in [-0.25, -0.2) is 0 Å². The van der Waals surface area contributed by atoms with Gasteiger partial charge < -0.3 is 9.80 Å². The van der Waals surface area contributed by atoms with Gasteiger partial charge in [-0.05, 0) is 25.5 Å². The van der Waals surface area contributed by atoms with Crippen LogP contribution in [0.25, 0.3) is 0 Å². The van der Waals surface area contributed by atoms with Gasteiger partial charge in [0.25, 0.3) is 5.91 Å². The van der Waals surface area contributed by atoms with Crippen molar-refractivity contribution in [3.63, 3.8) is 0 Å². The Bertz CT molecular complexity index is 751. The monoisotopic (exact) mass is 326 g/mol. The van der Waals surface area contributed by atoms with E-state index in [4.69, 9.17) is 0 Å². The van der Waals surface area contributed by atoms with Crippen molar-refractivity contribution in [2.45, 2.75) is 25.9 Å². The summed E-state index contributed by atoms with van der Waals surface area (Å²) in [6, 6.07) is 11.6. The van der Waals surface area contributed by atoms with Crippen LogP contribution in [0.3, 0.4) is 0 Å². The van der Waals surface area contributed by atoms with E-state index in [1.165, 1.54) is 0 Å². The Hall–Kier alpha value is -2.63. The number of hydrogen-bond donors (Lipinski definition) is 0. The number of nitrogens with zero attached hydrogens (tertiary/aromatic N) is 4. The first-order valence-corrected chi connectivity index (χ1v) is 8.04. The van der Waals surface area contributed by atoms with E-state index < -0.39 is 5.54 Å². The van der Waals surface area contributed by atoms with Crippen LogP contribution in [-0.4, -0.2) is 50.0 Å². The van der Waals surface area contributed by atoms with E-state index >= 15 is 0 Å². The summed E-state index contributed by atoms with van der Waals surface area (Å²) in [6.45, 7) is 5.19. The van der Waals surface area contributed by atoms with Gasteiger partial charge >= 0.3 is 0 Å². The molecule has 0 aliphatic carbocycles. The first-order valence-electron chi connectivity index (χ1n) is 8.04. The van der Waals surface area contributed by atoms with Gasteiger partial charge in [-0.3, -0.25) is 14.3 Å². The summed E-state index contributed by atoms with van der Waals surface area (Å²) < 4.78 is 1.59. The molecule has 0 atom stereocenters. The second-order valence-electron chi connectivity index (χ2n) is 6.60. The lowest BCUT2D eigenvalue weighted by atomic mass is 9.96. The molecule has 0 bridgehead atoms. The molecule has 0 radical (unpaired) electrons. The van der Waals surface area contributed by atoms with E-state index in [0.29, 0.717) is 25.3 Å². The summed E-state index contributed by atoms with van der Waals surface area (Å²) in [5, 5.41) is 4.16. The van der Waals surface area contributed by atoms with Crippen molar-refractivity contribution in [1.29, 1.82) is 0 Å². The molecule has 6 nitrogen and oxygen atoms in total. The van der Waals surface area contributed by atoms with Crippen molar-refractivity contribution in [1.82, 2.24) is 19.6 Å². The summed E-state index contributed by atoms with van der Waals surface area (Å²) >= 11 is 0. The zero-order valence-corrected chi connectivity index (χ0v) is 14.3. The van der Waals surface area contributed by atoms with E-state index in [1.807, 2.05) is 35.2 Å². The number of rotatable bonds is 3. The highest BCUT2D eigenvalue weighted by Crippen LogP contribution is 2.25. The van der Waals surface area contributed by atoms with Crippen molar-refractivity contribution in [3.05, 3.63) is 53.9 Å². The van der Waals surface area contributed by atoms with Crippen LogP contribution in [0.4, 0.5) is 0 Å². The molecule has 126 valence electrons. The number of carbonyl (C=O) groups is 2. The Morgan fingerprint density at radius 3 is 2.50 bits per heavy atom. The van der Waals surface area contributed by atoms with Gasteiger partial charge in [-0.15, -0.1) is 0 Å². The van der Waals surface area contributed by atoms with Crippen LogP contribution in [0, 0.1) is 0 Å². The maximum atomic E-state index is 12.9. The lowest BCUT2D eigenvalue weighted by Crippen LogP contribution is -2.64. The van der Waals surface area contributed by atoms with E-state index in [2.05, 4.69) is 5.10 Å². The predicted octanol–water partition coefficient (Wildman–Crippen LogP) is 1.68. The number of benzene rings is 1. The van der Waals surface area contributed by atoms with Gasteiger partial charge in [0.1, 0.15) is 11.2 Å². The van der Waals surface area contributed by atoms with Gasteiger partial charge in [0.2, 0.25) is 5.91 Å². The first-order chi connectivity index (χ1) is 11.4. The smallest absolute Gasteiger partial charge is 0.275 e. The molecule has 3 rings (SSSR count). The summed E-state index contributed by atoms with van der Waals surface area (Å²) in [4.78, 5) is 29.1. The van der Waals surface area contributed by atoms with Gasteiger partial charge in [-0.2, -0.15) is 5.10 Å². The molecule has 0 N–H and O–H groups in total. The zero-order chi connectivity index (χ0) is 17.3. The molecule has 2 heterocycles. The molecule has 1 aliphatic heterocycles. The highest BCUT2D eigenvalue weighted by molar-refractivity contribution is 5.98. The number of aromatic nitrogens is 2. The van der Waals surface area contributed by atoms with Crippen molar-refractivity contribution in [2.75, 3.05) is 13.1 Å². The molecule has 1 saturated heterocycles. The SMILES string of the molecule is Cn1ccc(C(=O)N2CCN(Cc3ccccc3)C(=O)C2(C)C)n1. The van der Waals surface area contributed by atoms with Gasteiger partial charge in [-0.1, -0.05) is 30.3 Å². The Kier molecular flexibility index (Phi) is 4.13. The Labute approximate surface area is 141 Å². The average Bonchev–Trinajstić information content (AvgIpc) is 2.99. The van der Waals surface area contributed by atoms with Crippen LogP contribution in [0.5, 0.6) is 0 Å². The van der Waals surface area contributed by atoms with Crippen LogP contribution in [0.1, 0.15) is 29.9 Å². The molecule has 0 spiro atoms.